The SMILES string of the molecule is CCOCCOc1ncc(Br)cc1OC. The molecule has 0 radical (unpaired) electrons. The molecule has 0 N–H and O–H groups in total. The Balaban J connectivity index is 2.52. The Labute approximate surface area is 97.7 Å². The molecule has 0 saturated carbocycles. The van der Waals surface area contributed by atoms with E-state index in [4.69, 9.17) is 14.2 Å². The Morgan fingerprint density at radius 2 is 2.20 bits per heavy atom. The fourth-order valence-electron chi connectivity index (χ4n) is 1.00. The Kier molecular flexibility index (Phi) is 5.42. The fraction of sp³-hybridized carbons (Fsp3) is 0.500. The molecule has 0 atom stereocenters. The first-order chi connectivity index (χ1) is 7.27. The summed E-state index contributed by atoms with van der Waals surface area (Å²) in [7, 11) is 1.58. The van der Waals surface area contributed by atoms with Gasteiger partial charge in [0.05, 0.1) is 13.7 Å². The summed E-state index contributed by atoms with van der Waals surface area (Å²) < 4.78 is 16.5. The maximum atomic E-state index is 5.40. The van der Waals surface area contributed by atoms with E-state index in [1.807, 2.05) is 13.0 Å². The third-order valence-corrected chi connectivity index (χ3v) is 2.11. The van der Waals surface area contributed by atoms with Crippen LogP contribution in [0.15, 0.2) is 16.7 Å². The second kappa shape index (κ2) is 6.63. The lowest BCUT2D eigenvalue weighted by Gasteiger charge is -2.09. The first-order valence-electron chi connectivity index (χ1n) is 4.68. The van der Waals surface area contributed by atoms with Gasteiger partial charge in [-0.3, -0.25) is 0 Å². The van der Waals surface area contributed by atoms with Crippen molar-refractivity contribution in [1.82, 2.24) is 4.98 Å². The van der Waals surface area contributed by atoms with Crippen LogP contribution in [0, 0.1) is 0 Å². The number of methoxy groups -OCH3 is 1. The summed E-state index contributed by atoms with van der Waals surface area (Å²) in [6.45, 7) is 3.66. The lowest BCUT2D eigenvalue weighted by Crippen LogP contribution is -2.08. The van der Waals surface area contributed by atoms with E-state index >= 15 is 0 Å². The van der Waals surface area contributed by atoms with Gasteiger partial charge in [-0.2, -0.15) is 0 Å². The molecule has 0 saturated heterocycles. The van der Waals surface area contributed by atoms with Gasteiger partial charge in [0.2, 0.25) is 0 Å². The molecule has 1 aromatic rings. The van der Waals surface area contributed by atoms with Crippen molar-refractivity contribution in [3.63, 3.8) is 0 Å². The van der Waals surface area contributed by atoms with Crippen LogP contribution in [-0.2, 0) is 4.74 Å². The molecule has 1 rings (SSSR count). The lowest BCUT2D eigenvalue weighted by atomic mass is 10.4. The zero-order chi connectivity index (χ0) is 11.1. The molecular weight excluding hydrogens is 262 g/mol. The van der Waals surface area contributed by atoms with Gasteiger partial charge in [-0.05, 0) is 22.9 Å². The second-order valence-electron chi connectivity index (χ2n) is 2.71. The number of hydrogen-bond donors (Lipinski definition) is 0. The van der Waals surface area contributed by atoms with E-state index < -0.39 is 0 Å². The number of pyridine rings is 1. The van der Waals surface area contributed by atoms with Crippen LogP contribution < -0.4 is 9.47 Å². The third-order valence-electron chi connectivity index (χ3n) is 1.68. The molecule has 0 aromatic carbocycles. The van der Waals surface area contributed by atoms with Crippen molar-refractivity contribution in [3.05, 3.63) is 16.7 Å². The van der Waals surface area contributed by atoms with Gasteiger partial charge in [-0.25, -0.2) is 4.98 Å². The highest BCUT2D eigenvalue weighted by atomic mass is 79.9. The minimum absolute atomic E-state index is 0.471. The largest absolute Gasteiger partial charge is 0.491 e. The molecule has 0 unspecified atom stereocenters. The van der Waals surface area contributed by atoms with Crippen LogP contribution in [0.1, 0.15) is 6.92 Å². The first-order valence-corrected chi connectivity index (χ1v) is 5.47. The molecular formula is C10H14BrNO3. The quantitative estimate of drug-likeness (QED) is 0.747. The zero-order valence-corrected chi connectivity index (χ0v) is 10.4. The summed E-state index contributed by atoms with van der Waals surface area (Å²) in [6, 6.07) is 1.81. The average Bonchev–Trinajstić information content (AvgIpc) is 2.26. The van der Waals surface area contributed by atoms with Crippen molar-refractivity contribution in [2.24, 2.45) is 0 Å². The summed E-state index contributed by atoms with van der Waals surface area (Å²) in [5.41, 5.74) is 0. The van der Waals surface area contributed by atoms with Crippen LogP contribution in [0.2, 0.25) is 0 Å². The van der Waals surface area contributed by atoms with E-state index in [1.54, 1.807) is 13.3 Å². The Hall–Kier alpha value is -0.810. The highest BCUT2D eigenvalue weighted by Crippen LogP contribution is 2.26. The van der Waals surface area contributed by atoms with Gasteiger partial charge in [0, 0.05) is 23.3 Å². The summed E-state index contributed by atoms with van der Waals surface area (Å²) in [6.07, 6.45) is 1.67. The van der Waals surface area contributed by atoms with E-state index in [0.717, 1.165) is 4.47 Å². The van der Waals surface area contributed by atoms with E-state index in [1.165, 1.54) is 0 Å². The van der Waals surface area contributed by atoms with Crippen LogP contribution in [0.4, 0.5) is 0 Å². The summed E-state index contributed by atoms with van der Waals surface area (Å²) in [4.78, 5) is 4.10. The third kappa shape index (κ3) is 4.05. The van der Waals surface area contributed by atoms with Gasteiger partial charge >= 0.3 is 0 Å². The van der Waals surface area contributed by atoms with E-state index in [0.29, 0.717) is 31.5 Å². The molecule has 5 heteroatoms. The molecule has 0 aliphatic heterocycles. The molecule has 0 amide bonds. The van der Waals surface area contributed by atoms with Gasteiger partial charge in [0.15, 0.2) is 5.75 Å². The van der Waals surface area contributed by atoms with E-state index in [2.05, 4.69) is 20.9 Å². The molecule has 0 aliphatic carbocycles. The van der Waals surface area contributed by atoms with Gasteiger partial charge in [0.1, 0.15) is 6.61 Å². The Morgan fingerprint density at radius 1 is 1.40 bits per heavy atom. The minimum atomic E-state index is 0.471. The predicted molar refractivity (Wildman–Crippen MR) is 60.5 cm³/mol. The molecule has 0 aliphatic rings. The van der Waals surface area contributed by atoms with E-state index in [-0.39, 0.29) is 0 Å². The topological polar surface area (TPSA) is 40.6 Å². The van der Waals surface area contributed by atoms with Gasteiger partial charge < -0.3 is 14.2 Å². The summed E-state index contributed by atoms with van der Waals surface area (Å²) in [5.74, 6) is 1.10. The van der Waals surface area contributed by atoms with Crippen molar-refractivity contribution in [3.8, 4) is 11.6 Å². The van der Waals surface area contributed by atoms with Crippen molar-refractivity contribution in [1.29, 1.82) is 0 Å². The molecule has 0 spiro atoms. The van der Waals surface area contributed by atoms with Crippen LogP contribution >= 0.6 is 15.9 Å². The number of nitrogens with zero attached hydrogens (tertiary/aromatic N) is 1. The predicted octanol–water partition coefficient (Wildman–Crippen LogP) is 2.27. The standard InChI is InChI=1S/C10H14BrNO3/c1-3-14-4-5-15-10-9(13-2)6-8(11)7-12-10/h6-7H,3-5H2,1-2H3. The van der Waals surface area contributed by atoms with Crippen molar-refractivity contribution >= 4 is 15.9 Å². The minimum Gasteiger partial charge on any atom is -0.491 e. The van der Waals surface area contributed by atoms with Crippen LogP contribution in [0.25, 0.3) is 0 Å². The second-order valence-corrected chi connectivity index (χ2v) is 3.62. The Bertz CT molecular complexity index is 307. The van der Waals surface area contributed by atoms with Gasteiger partial charge in [-0.1, -0.05) is 0 Å². The number of ether oxygens (including phenoxy) is 3. The molecule has 1 heterocycles. The number of hydrogen-bond acceptors (Lipinski definition) is 4. The normalized spacial score (nSPS) is 10.1. The molecule has 1 aromatic heterocycles. The fourth-order valence-corrected chi connectivity index (χ4v) is 1.31. The smallest absolute Gasteiger partial charge is 0.257 e. The highest BCUT2D eigenvalue weighted by molar-refractivity contribution is 9.10. The average molecular weight is 276 g/mol. The monoisotopic (exact) mass is 275 g/mol. The molecule has 0 bridgehead atoms. The van der Waals surface area contributed by atoms with Gasteiger partial charge in [-0.15, -0.1) is 0 Å². The number of aromatic nitrogens is 1. The first kappa shape index (κ1) is 12.3. The molecule has 4 nitrogen and oxygen atoms in total. The van der Waals surface area contributed by atoms with Crippen LogP contribution in [0.5, 0.6) is 11.6 Å². The highest BCUT2D eigenvalue weighted by Gasteiger charge is 2.05. The van der Waals surface area contributed by atoms with Crippen LogP contribution in [0.3, 0.4) is 0 Å². The number of rotatable bonds is 6. The van der Waals surface area contributed by atoms with Crippen molar-refractivity contribution in [2.75, 3.05) is 26.9 Å². The van der Waals surface area contributed by atoms with Crippen molar-refractivity contribution < 1.29 is 14.2 Å². The maximum absolute atomic E-state index is 5.40. The summed E-state index contributed by atoms with van der Waals surface area (Å²) in [5, 5.41) is 0. The maximum Gasteiger partial charge on any atom is 0.257 e. The molecule has 15 heavy (non-hydrogen) atoms. The zero-order valence-electron chi connectivity index (χ0n) is 8.83. The summed E-state index contributed by atoms with van der Waals surface area (Å²) >= 11 is 3.31. The van der Waals surface area contributed by atoms with E-state index in [9.17, 15) is 0 Å². The Morgan fingerprint density at radius 3 is 2.87 bits per heavy atom. The van der Waals surface area contributed by atoms with Gasteiger partial charge in [0.25, 0.3) is 5.88 Å². The lowest BCUT2D eigenvalue weighted by molar-refractivity contribution is 0.107. The molecule has 0 fully saturated rings. The van der Waals surface area contributed by atoms with Crippen molar-refractivity contribution in [2.45, 2.75) is 6.92 Å². The van der Waals surface area contributed by atoms with Crippen LogP contribution in [-0.4, -0.2) is 31.9 Å². The molecule has 84 valence electrons. The number of halogens is 1.